The number of ether oxygens (including phenoxy) is 1. The van der Waals surface area contributed by atoms with Gasteiger partial charge in [0, 0.05) is 31.7 Å². The van der Waals surface area contributed by atoms with Crippen LogP contribution in [0.5, 0.6) is 0 Å². The van der Waals surface area contributed by atoms with Crippen LogP contribution in [-0.4, -0.2) is 56.7 Å². The van der Waals surface area contributed by atoms with Gasteiger partial charge in [-0.05, 0) is 23.7 Å². The van der Waals surface area contributed by atoms with Crippen LogP contribution in [0.1, 0.15) is 136 Å². The van der Waals surface area contributed by atoms with Gasteiger partial charge in [0.25, 0.3) is 5.91 Å². The Bertz CT molecular complexity index is 445. The molecular formula is C31H86N2O5Si. The van der Waals surface area contributed by atoms with Gasteiger partial charge in [-0.2, -0.15) is 0 Å². The average Bonchev–Trinajstić information content (AvgIpc) is 2.73. The van der Waals surface area contributed by atoms with Gasteiger partial charge < -0.3 is 9.64 Å². The van der Waals surface area contributed by atoms with Crippen LogP contribution in [0.4, 0.5) is 4.79 Å². The van der Waals surface area contributed by atoms with Gasteiger partial charge in [-0.25, -0.2) is 9.69 Å². The van der Waals surface area contributed by atoms with Gasteiger partial charge in [-0.15, -0.1) is 0 Å². The molecule has 1 saturated heterocycles. The van der Waals surface area contributed by atoms with Crippen molar-refractivity contribution in [3.63, 3.8) is 0 Å². The lowest BCUT2D eigenvalue weighted by atomic mass is 9.90. The summed E-state index contributed by atoms with van der Waals surface area (Å²) in [5.41, 5.74) is 0.763. The summed E-state index contributed by atoms with van der Waals surface area (Å²) in [5.74, 6) is -0.174. The van der Waals surface area contributed by atoms with E-state index in [2.05, 4.69) is 74.7 Å². The molecule has 0 aliphatic carbocycles. The summed E-state index contributed by atoms with van der Waals surface area (Å²) in [5, 5.41) is 0. The van der Waals surface area contributed by atoms with Crippen LogP contribution in [0, 0.1) is 20.8 Å². The summed E-state index contributed by atoms with van der Waals surface area (Å²) >= 11 is 0. The van der Waals surface area contributed by atoms with E-state index in [1.807, 2.05) is 0 Å². The molecule has 8 heteroatoms. The van der Waals surface area contributed by atoms with Crippen molar-refractivity contribution < 1.29 is 14.3 Å². The summed E-state index contributed by atoms with van der Waals surface area (Å²) in [6.45, 7) is 25.4. The Morgan fingerprint density at radius 1 is 0.718 bits per heavy atom. The van der Waals surface area contributed by atoms with Gasteiger partial charge in [0.1, 0.15) is 13.3 Å². The molecule has 1 fully saturated rings. The third kappa shape index (κ3) is 72.4. The van der Waals surface area contributed by atoms with Gasteiger partial charge in [-0.1, -0.05) is 149 Å². The van der Waals surface area contributed by atoms with E-state index in [4.69, 9.17) is 14.7 Å². The van der Waals surface area contributed by atoms with Crippen molar-refractivity contribution in [1.82, 2.24) is 9.80 Å². The lowest BCUT2D eigenvalue weighted by Crippen LogP contribution is -2.35. The van der Waals surface area contributed by atoms with E-state index < -0.39 is 8.07 Å². The normalized spacial score (nSPS) is 10.7. The minimum absolute atomic E-state index is 0. The van der Waals surface area contributed by atoms with E-state index in [0.29, 0.717) is 12.0 Å². The first-order valence-corrected chi connectivity index (χ1v) is 14.1. The molecule has 0 spiro atoms. The third-order valence-corrected chi connectivity index (χ3v) is 2.74. The average molecular weight is 595 g/mol. The molecule has 1 rings (SSSR count). The summed E-state index contributed by atoms with van der Waals surface area (Å²) in [6.07, 6.45) is 1.96. The molecule has 254 valence electrons. The van der Waals surface area contributed by atoms with Crippen molar-refractivity contribution in [2.75, 3.05) is 26.9 Å². The highest BCUT2D eigenvalue weighted by atomic mass is 28.3. The van der Waals surface area contributed by atoms with Gasteiger partial charge in [0.2, 0.25) is 0 Å². The number of hydrogen-bond acceptors (Lipinski definition) is 5. The van der Waals surface area contributed by atoms with Gasteiger partial charge in [-0.3, -0.25) is 4.79 Å². The molecule has 1 aliphatic heterocycles. The van der Waals surface area contributed by atoms with E-state index in [1.165, 1.54) is 7.11 Å². The summed E-state index contributed by atoms with van der Waals surface area (Å²) in [4.78, 5) is 40.1. The van der Waals surface area contributed by atoms with Crippen LogP contribution in [0.15, 0.2) is 0 Å². The standard InChI is InChI=1S/C12H22N2O3.C5H12.C4H12Si.10CH4.O2/c1-12(2,3)6-5-7-13-8-10(15)14(9-17-4)11(13)16;2*1-5(2,3)4;;;;;;;;;;;1-2/h5-9H2,1-4H3;2*1-4H3;10*1H4;. The summed E-state index contributed by atoms with van der Waals surface area (Å²) < 4.78 is 4.83. The fraction of sp³-hybridized carbons (Fsp3) is 0.935. The zero-order chi connectivity index (χ0) is 24.1. The molecule has 0 aromatic carbocycles. The first-order valence-electron chi connectivity index (χ1n) is 10.1. The third-order valence-electron chi connectivity index (χ3n) is 2.74. The van der Waals surface area contributed by atoms with Crippen LogP contribution in [-0.2, 0) is 9.53 Å². The molecule has 0 unspecified atom stereocenters. The first-order chi connectivity index (χ1) is 12.8. The zero-order valence-corrected chi connectivity index (χ0v) is 22.0. The Morgan fingerprint density at radius 2 is 1.00 bits per heavy atom. The van der Waals surface area contributed by atoms with E-state index in [-0.39, 0.29) is 105 Å². The number of nitrogens with zero attached hydrogens (tertiary/aromatic N) is 2. The first kappa shape index (κ1) is 83.2. The predicted octanol–water partition coefficient (Wildman–Crippen LogP) is 12.1. The zero-order valence-electron chi connectivity index (χ0n) is 21.0. The molecule has 1 aliphatic rings. The minimum Gasteiger partial charge on any atom is -0.364 e. The Kier molecular flexibility index (Phi) is 82.9. The molecule has 0 radical (unpaired) electrons. The van der Waals surface area contributed by atoms with E-state index in [0.717, 1.165) is 17.7 Å². The highest BCUT2D eigenvalue weighted by molar-refractivity contribution is 6.74. The molecule has 1 heterocycles. The number of carbonyl (C=O) groups excluding carboxylic acids is 2. The van der Waals surface area contributed by atoms with Crippen molar-refractivity contribution in [3.05, 3.63) is 9.93 Å². The molecule has 0 atom stereocenters. The second-order valence-corrected chi connectivity index (χ2v) is 17.6. The number of imide groups is 1. The Hall–Kier alpha value is -1.28. The number of amides is 3. The van der Waals surface area contributed by atoms with Crippen LogP contribution in [0.2, 0.25) is 26.2 Å². The number of carbonyl (C=O) groups is 2. The van der Waals surface area contributed by atoms with Crippen molar-refractivity contribution >= 4 is 20.0 Å². The second-order valence-electron chi connectivity index (χ2n) is 11.6. The lowest BCUT2D eigenvalue weighted by molar-refractivity contribution is -0.128. The molecule has 0 aromatic rings. The van der Waals surface area contributed by atoms with Crippen LogP contribution >= 0.6 is 0 Å². The quantitative estimate of drug-likeness (QED) is 0.233. The van der Waals surface area contributed by atoms with Gasteiger partial charge >= 0.3 is 6.03 Å². The van der Waals surface area contributed by atoms with Crippen LogP contribution in [0.25, 0.3) is 0 Å². The molecule has 0 saturated carbocycles. The maximum atomic E-state index is 11.8. The minimum atomic E-state index is -0.611. The van der Waals surface area contributed by atoms with Crippen molar-refractivity contribution in [2.45, 2.75) is 162 Å². The number of methoxy groups -OCH3 is 1. The maximum absolute atomic E-state index is 11.8. The maximum Gasteiger partial charge on any atom is 0.329 e. The van der Waals surface area contributed by atoms with Crippen molar-refractivity contribution in [3.8, 4) is 0 Å². The van der Waals surface area contributed by atoms with Crippen molar-refractivity contribution in [1.29, 1.82) is 0 Å². The fourth-order valence-electron chi connectivity index (χ4n) is 1.82. The number of rotatable bonds is 5. The topological polar surface area (TPSA) is 84.0 Å². The molecular weight excluding hydrogens is 508 g/mol. The Morgan fingerprint density at radius 3 is 1.23 bits per heavy atom. The fourth-order valence-corrected chi connectivity index (χ4v) is 1.82. The van der Waals surface area contributed by atoms with E-state index in [1.54, 1.807) is 4.90 Å². The molecule has 0 aromatic heterocycles. The molecule has 0 bridgehead atoms. The largest absolute Gasteiger partial charge is 0.364 e. The monoisotopic (exact) mass is 595 g/mol. The molecule has 39 heavy (non-hydrogen) atoms. The van der Waals surface area contributed by atoms with Crippen LogP contribution < -0.4 is 0 Å². The number of urea groups is 1. The summed E-state index contributed by atoms with van der Waals surface area (Å²) in [6, 6.07) is -0.231. The highest BCUT2D eigenvalue weighted by Gasteiger charge is 2.35. The van der Waals surface area contributed by atoms with Gasteiger partial charge in [0.05, 0.1) is 0 Å². The highest BCUT2D eigenvalue weighted by Crippen LogP contribution is 2.21. The van der Waals surface area contributed by atoms with Crippen LogP contribution in [0.3, 0.4) is 0 Å². The number of hydrogen-bond donors (Lipinski definition) is 0. The lowest BCUT2D eigenvalue weighted by Gasteiger charge is -2.21. The Labute approximate surface area is 253 Å². The van der Waals surface area contributed by atoms with Crippen molar-refractivity contribution in [2.24, 2.45) is 10.8 Å². The summed E-state index contributed by atoms with van der Waals surface area (Å²) in [7, 11) is 0.864. The smallest absolute Gasteiger partial charge is 0.329 e. The molecule has 0 N–H and O–H groups in total. The predicted molar refractivity (Wildman–Crippen MR) is 193 cm³/mol. The van der Waals surface area contributed by atoms with E-state index >= 15 is 0 Å². The van der Waals surface area contributed by atoms with Gasteiger partial charge in [0.15, 0.2) is 0 Å². The molecule has 3 amide bonds. The molecule has 7 nitrogen and oxygen atoms in total. The SMILES string of the molecule is C.C.C.C.C.C.C.C.C.C.CC(C)(C)C.COCN1C(=O)CN(CCCC(C)(C)C)C1=O.C[Si](C)(C)C.O=O. The Balaban J connectivity index is -0.0000000245. The van der Waals surface area contributed by atoms with E-state index in [9.17, 15) is 9.59 Å². The second kappa shape index (κ2) is 38.9.